The lowest BCUT2D eigenvalue weighted by atomic mass is 10.2. The van der Waals surface area contributed by atoms with E-state index in [9.17, 15) is 8.42 Å². The number of sulfone groups is 1. The third-order valence-corrected chi connectivity index (χ3v) is 7.20. The average molecular weight is 432 g/mol. The fourth-order valence-electron chi connectivity index (χ4n) is 1.03. The maximum Gasteiger partial charge on any atom is 0.239 e. The maximum absolute atomic E-state index is 12.0. The molecule has 0 aromatic carbocycles. The molecule has 0 spiro atoms. The van der Waals surface area contributed by atoms with Crippen LogP contribution in [0.5, 0.6) is 0 Å². The van der Waals surface area contributed by atoms with Gasteiger partial charge >= 0.3 is 0 Å². The summed E-state index contributed by atoms with van der Waals surface area (Å²) in [5, 5.41) is 8.70. The molecule has 3 nitrogen and oxygen atoms in total. The molecule has 0 heterocycles. The Morgan fingerprint density at radius 3 is 2.38 bits per heavy atom. The van der Waals surface area contributed by atoms with Crippen LogP contribution in [0.4, 0.5) is 0 Å². The molecule has 0 N–H and O–H groups in total. The highest BCUT2D eigenvalue weighted by Crippen LogP contribution is 2.43. The molecule has 0 fully saturated rings. The van der Waals surface area contributed by atoms with E-state index >= 15 is 0 Å². The van der Waals surface area contributed by atoms with E-state index in [1.807, 2.05) is 6.07 Å². The Morgan fingerprint density at radius 1 is 1.25 bits per heavy atom. The monoisotopic (exact) mass is 429 g/mol. The summed E-state index contributed by atoms with van der Waals surface area (Å²) >= 11 is 8.95. The lowest BCUT2D eigenvalue weighted by Gasteiger charge is -2.13. The van der Waals surface area contributed by atoms with Crippen molar-refractivity contribution in [3.05, 3.63) is 34.8 Å². The minimum Gasteiger partial charge on any atom is -0.220 e. The molecule has 0 aliphatic heterocycles. The van der Waals surface area contributed by atoms with E-state index in [0.29, 0.717) is 12.0 Å². The van der Waals surface area contributed by atoms with Gasteiger partial charge in [0, 0.05) is 5.57 Å². The average Bonchev–Trinajstić information content (AvgIpc) is 2.40. The zero-order chi connectivity index (χ0) is 12.4. The fraction of sp³-hybridized carbons (Fsp3) is 0.222. The second-order valence-corrected chi connectivity index (χ2v) is 13.3. The van der Waals surface area contributed by atoms with Crippen molar-refractivity contribution in [2.75, 3.05) is 0 Å². The van der Waals surface area contributed by atoms with Crippen molar-refractivity contribution in [2.45, 2.75) is 7.90 Å². The highest BCUT2D eigenvalue weighted by Gasteiger charge is 2.38. The molecule has 0 atom stereocenters. The van der Waals surface area contributed by atoms with Crippen LogP contribution in [0.1, 0.15) is 6.42 Å². The van der Waals surface area contributed by atoms with Gasteiger partial charge in [-0.15, -0.1) is 0 Å². The first kappa shape index (κ1) is 14.2. The molecular weight excluding hydrogens is 426 g/mol. The van der Waals surface area contributed by atoms with E-state index in [-0.39, 0.29) is 4.91 Å². The Kier molecular flexibility index (Phi) is 4.57. The summed E-state index contributed by atoms with van der Waals surface area (Å²) in [6.45, 7) is 0. The fourth-order valence-corrected chi connectivity index (χ4v) is 3.54. The summed E-state index contributed by atoms with van der Waals surface area (Å²) in [5.41, 5.74) is 0.450. The number of alkyl halides is 3. The number of nitriles is 1. The van der Waals surface area contributed by atoms with Crippen LogP contribution >= 0.6 is 47.8 Å². The van der Waals surface area contributed by atoms with Crippen molar-refractivity contribution in [3.8, 4) is 6.07 Å². The number of allylic oxidation sites excluding steroid dienone is 5. The molecule has 0 radical (unpaired) electrons. The predicted molar refractivity (Wildman–Crippen MR) is 74.0 cm³/mol. The summed E-state index contributed by atoms with van der Waals surface area (Å²) in [5.74, 6) is 0. The van der Waals surface area contributed by atoms with Crippen LogP contribution in [0.3, 0.4) is 0 Å². The van der Waals surface area contributed by atoms with Gasteiger partial charge in [-0.25, -0.2) is 8.42 Å². The Balaban J connectivity index is 3.13. The molecule has 1 aliphatic carbocycles. The molecule has 7 heteroatoms. The van der Waals surface area contributed by atoms with Gasteiger partial charge in [-0.1, -0.05) is 12.2 Å². The zero-order valence-electron chi connectivity index (χ0n) is 7.82. The van der Waals surface area contributed by atoms with Gasteiger partial charge in [-0.05, 0) is 66.4 Å². The Bertz CT molecular complexity index is 518. The molecular formula is C9H6Br3NO2S. The Labute approximate surface area is 119 Å². The highest BCUT2D eigenvalue weighted by atomic mass is 80.0. The van der Waals surface area contributed by atoms with Crippen molar-refractivity contribution < 1.29 is 8.42 Å². The molecule has 0 aromatic rings. The predicted octanol–water partition coefficient (Wildman–Crippen LogP) is 3.49. The molecule has 86 valence electrons. The summed E-state index contributed by atoms with van der Waals surface area (Å²) in [7, 11) is -3.57. The largest absolute Gasteiger partial charge is 0.239 e. The normalized spacial score (nSPS) is 17.1. The number of nitrogens with zero attached hydrogens (tertiary/aromatic N) is 1. The quantitative estimate of drug-likeness (QED) is 0.597. The SMILES string of the molecule is N#CC1=CCC=C(S(=O)(=O)C(Br)(Br)Br)C=C1. The lowest BCUT2D eigenvalue weighted by molar-refractivity contribution is 0.605. The molecule has 1 rings (SSSR count). The standard InChI is InChI=1S/C9H6Br3NO2S/c10-9(11,12)16(14,15)8-3-1-2-7(6-13)4-5-8/h2-5H,1H2. The zero-order valence-corrected chi connectivity index (χ0v) is 13.4. The van der Waals surface area contributed by atoms with Gasteiger partial charge in [0.15, 0.2) is 0 Å². The second kappa shape index (κ2) is 5.17. The van der Waals surface area contributed by atoms with Gasteiger partial charge in [-0.3, -0.25) is 0 Å². The topological polar surface area (TPSA) is 57.9 Å². The van der Waals surface area contributed by atoms with E-state index in [1.54, 1.807) is 12.2 Å². The van der Waals surface area contributed by atoms with E-state index in [1.165, 1.54) is 12.2 Å². The Hall–Kier alpha value is 0.1000. The van der Waals surface area contributed by atoms with Gasteiger partial charge in [0.05, 0.1) is 11.0 Å². The van der Waals surface area contributed by atoms with Gasteiger partial charge in [0.2, 0.25) is 11.3 Å². The summed E-state index contributed by atoms with van der Waals surface area (Å²) in [6, 6.07) is 1.97. The van der Waals surface area contributed by atoms with E-state index in [2.05, 4.69) is 47.8 Å². The number of hydrogen-bond donors (Lipinski definition) is 0. The number of hydrogen-bond acceptors (Lipinski definition) is 3. The van der Waals surface area contributed by atoms with E-state index in [0.717, 1.165) is 0 Å². The van der Waals surface area contributed by atoms with E-state index in [4.69, 9.17) is 5.26 Å². The van der Waals surface area contributed by atoms with E-state index < -0.39 is 11.3 Å². The number of rotatable bonds is 1. The van der Waals surface area contributed by atoms with Crippen LogP contribution in [0.15, 0.2) is 34.8 Å². The highest BCUT2D eigenvalue weighted by molar-refractivity contribution is 9.42. The van der Waals surface area contributed by atoms with Crippen LogP contribution in [0, 0.1) is 11.3 Å². The minimum absolute atomic E-state index is 0.152. The maximum atomic E-state index is 12.0. The molecule has 0 bridgehead atoms. The van der Waals surface area contributed by atoms with Gasteiger partial charge < -0.3 is 0 Å². The van der Waals surface area contributed by atoms with Gasteiger partial charge in [0.1, 0.15) is 0 Å². The van der Waals surface area contributed by atoms with Crippen LogP contribution in [0.2, 0.25) is 0 Å². The molecule has 16 heavy (non-hydrogen) atoms. The molecule has 1 aliphatic rings. The lowest BCUT2D eigenvalue weighted by Crippen LogP contribution is -2.18. The third-order valence-electron chi connectivity index (χ3n) is 1.83. The van der Waals surface area contributed by atoms with Crippen molar-refractivity contribution in [3.63, 3.8) is 0 Å². The van der Waals surface area contributed by atoms with Crippen LogP contribution in [-0.2, 0) is 9.84 Å². The van der Waals surface area contributed by atoms with Crippen molar-refractivity contribution in [1.29, 1.82) is 5.26 Å². The van der Waals surface area contributed by atoms with Gasteiger partial charge in [-0.2, -0.15) is 5.26 Å². The first-order chi connectivity index (χ1) is 7.29. The third kappa shape index (κ3) is 3.06. The van der Waals surface area contributed by atoms with Gasteiger partial charge in [0.25, 0.3) is 0 Å². The smallest absolute Gasteiger partial charge is 0.220 e. The number of halogens is 3. The first-order valence-electron chi connectivity index (χ1n) is 4.09. The summed E-state index contributed by atoms with van der Waals surface area (Å²) < 4.78 is 22.6. The van der Waals surface area contributed by atoms with Crippen LogP contribution < -0.4 is 0 Å². The molecule has 0 saturated heterocycles. The van der Waals surface area contributed by atoms with Crippen LogP contribution in [0.25, 0.3) is 0 Å². The summed E-state index contributed by atoms with van der Waals surface area (Å²) in [6.07, 6.45) is 6.52. The molecule has 0 aromatic heterocycles. The second-order valence-electron chi connectivity index (χ2n) is 2.90. The minimum atomic E-state index is -3.57. The van der Waals surface area contributed by atoms with Crippen LogP contribution in [-0.4, -0.2) is 9.89 Å². The van der Waals surface area contributed by atoms with Crippen molar-refractivity contribution in [2.24, 2.45) is 0 Å². The summed E-state index contributed by atoms with van der Waals surface area (Å²) in [4.78, 5) is 0.152. The first-order valence-corrected chi connectivity index (χ1v) is 7.95. The molecule has 0 amide bonds. The molecule has 0 unspecified atom stereocenters. The molecule has 0 saturated carbocycles. The van der Waals surface area contributed by atoms with Crippen molar-refractivity contribution in [1.82, 2.24) is 0 Å². The van der Waals surface area contributed by atoms with Crippen molar-refractivity contribution >= 4 is 57.6 Å². The Morgan fingerprint density at radius 2 is 1.88 bits per heavy atom.